The molecular weight excluding hydrogens is 406 g/mol. The lowest BCUT2D eigenvalue weighted by molar-refractivity contribution is -0.520. The van der Waals surface area contributed by atoms with Gasteiger partial charge in [-0.1, -0.05) is 26.0 Å². The molecule has 1 aliphatic heterocycles. The van der Waals surface area contributed by atoms with E-state index in [4.69, 9.17) is 9.47 Å². The van der Waals surface area contributed by atoms with Crippen molar-refractivity contribution in [2.75, 3.05) is 24.9 Å². The Bertz CT molecular complexity index is 1220. The number of hydrogen-bond donors (Lipinski definition) is 3. The fraction of sp³-hybridized carbons (Fsp3) is 0.292. The van der Waals surface area contributed by atoms with Crippen molar-refractivity contribution in [3.8, 4) is 11.5 Å². The normalized spacial score (nSPS) is 14.9. The van der Waals surface area contributed by atoms with Gasteiger partial charge in [0.2, 0.25) is 0 Å². The fourth-order valence-corrected chi connectivity index (χ4v) is 3.71. The fourth-order valence-electron chi connectivity index (χ4n) is 3.71. The molecule has 8 nitrogen and oxygen atoms in total. The monoisotopic (exact) mass is 434 g/mol. The smallest absolute Gasteiger partial charge is 0.357 e. The van der Waals surface area contributed by atoms with Gasteiger partial charge in [0.05, 0.1) is 19.9 Å². The van der Waals surface area contributed by atoms with Crippen LogP contribution in [0.2, 0.25) is 0 Å². The van der Waals surface area contributed by atoms with Crippen LogP contribution < -0.4 is 30.7 Å². The minimum absolute atomic E-state index is 0.160. The Morgan fingerprint density at radius 3 is 2.44 bits per heavy atom. The van der Waals surface area contributed by atoms with Crippen LogP contribution in [0.3, 0.4) is 0 Å². The predicted molar refractivity (Wildman–Crippen MR) is 125 cm³/mol. The summed E-state index contributed by atoms with van der Waals surface area (Å²) in [5, 5.41) is 6.57. The number of nitrogens with one attached hydrogen (secondary N) is 3. The minimum atomic E-state index is -0.496. The molecule has 3 N–H and O–H groups in total. The van der Waals surface area contributed by atoms with Gasteiger partial charge in [-0.05, 0) is 48.7 Å². The maximum atomic E-state index is 12.9. The van der Waals surface area contributed by atoms with Gasteiger partial charge in [0.1, 0.15) is 0 Å². The summed E-state index contributed by atoms with van der Waals surface area (Å²) in [6.45, 7) is 6.13. The number of benzene rings is 2. The van der Waals surface area contributed by atoms with Gasteiger partial charge in [0.15, 0.2) is 17.7 Å². The molecule has 2 aromatic carbocycles. The van der Waals surface area contributed by atoms with Gasteiger partial charge in [-0.3, -0.25) is 9.79 Å². The molecule has 1 atom stereocenters. The lowest BCUT2D eigenvalue weighted by atomic mass is 10.0. The zero-order valence-electron chi connectivity index (χ0n) is 18.9. The first-order valence-electron chi connectivity index (χ1n) is 10.5. The number of methoxy groups -OCH3 is 2. The van der Waals surface area contributed by atoms with Crippen LogP contribution in [-0.2, 0) is 0 Å². The Hall–Kier alpha value is -3.81. The molecular formula is C24H28N5O3+. The first-order chi connectivity index (χ1) is 15.4. The van der Waals surface area contributed by atoms with Crippen molar-refractivity contribution in [1.29, 1.82) is 0 Å². The SMILES string of the molecule is COc1ccc(C2[NH+]=C(Nc3ccc(C(C)C)cc3)Nc3nc(C)cc(=O)n32)cc1OC. The molecule has 0 amide bonds. The molecule has 32 heavy (non-hydrogen) atoms. The number of hydrogen-bond acceptors (Lipinski definition) is 6. The summed E-state index contributed by atoms with van der Waals surface area (Å²) < 4.78 is 12.4. The number of rotatable bonds is 5. The number of guanidine groups is 1. The van der Waals surface area contributed by atoms with Crippen molar-refractivity contribution >= 4 is 17.6 Å². The van der Waals surface area contributed by atoms with Gasteiger partial charge in [-0.25, -0.2) is 20.2 Å². The van der Waals surface area contributed by atoms with Crippen LogP contribution in [0.15, 0.2) is 53.3 Å². The van der Waals surface area contributed by atoms with E-state index in [1.54, 1.807) is 25.7 Å². The summed E-state index contributed by atoms with van der Waals surface area (Å²) >= 11 is 0. The van der Waals surface area contributed by atoms with Crippen LogP contribution in [0.25, 0.3) is 0 Å². The summed E-state index contributed by atoms with van der Waals surface area (Å²) in [5.41, 5.74) is 3.49. The number of aryl methyl sites for hydroxylation is 1. The summed E-state index contributed by atoms with van der Waals surface area (Å²) in [6, 6.07) is 15.4. The second kappa shape index (κ2) is 8.74. The van der Waals surface area contributed by atoms with Gasteiger partial charge >= 0.3 is 5.96 Å². The summed E-state index contributed by atoms with van der Waals surface area (Å²) in [7, 11) is 3.18. The molecule has 0 aliphatic carbocycles. The number of nitrogens with zero attached hydrogens (tertiary/aromatic N) is 2. The number of anilines is 2. The zero-order valence-corrected chi connectivity index (χ0v) is 18.9. The van der Waals surface area contributed by atoms with Crippen molar-refractivity contribution in [3.05, 3.63) is 75.7 Å². The molecule has 2 heterocycles. The van der Waals surface area contributed by atoms with Crippen LogP contribution in [0.1, 0.15) is 42.8 Å². The molecule has 0 spiro atoms. The lowest BCUT2D eigenvalue weighted by Crippen LogP contribution is -2.82. The zero-order chi connectivity index (χ0) is 22.8. The molecule has 4 rings (SSSR count). The van der Waals surface area contributed by atoms with E-state index in [0.717, 1.165) is 11.3 Å². The third kappa shape index (κ3) is 4.16. The van der Waals surface area contributed by atoms with Gasteiger partial charge in [-0.2, -0.15) is 0 Å². The molecule has 166 valence electrons. The molecule has 0 radical (unpaired) electrons. The number of fused-ring (bicyclic) bond motifs is 1. The average Bonchev–Trinajstić information content (AvgIpc) is 2.78. The van der Waals surface area contributed by atoms with Gasteiger partial charge in [0.25, 0.3) is 11.5 Å². The van der Waals surface area contributed by atoms with E-state index < -0.39 is 6.17 Å². The first kappa shape index (κ1) is 21.4. The van der Waals surface area contributed by atoms with E-state index in [0.29, 0.717) is 35.0 Å². The second-order valence-corrected chi connectivity index (χ2v) is 7.99. The molecule has 3 aromatic rings. The van der Waals surface area contributed by atoms with Crippen LogP contribution in [-0.4, -0.2) is 29.7 Å². The van der Waals surface area contributed by atoms with E-state index >= 15 is 0 Å². The van der Waals surface area contributed by atoms with E-state index in [1.807, 2.05) is 30.3 Å². The largest absolute Gasteiger partial charge is 0.493 e. The van der Waals surface area contributed by atoms with Crippen LogP contribution in [0.5, 0.6) is 11.5 Å². The van der Waals surface area contributed by atoms with Crippen molar-refractivity contribution in [2.45, 2.75) is 32.9 Å². The second-order valence-electron chi connectivity index (χ2n) is 7.99. The maximum absolute atomic E-state index is 12.9. The van der Waals surface area contributed by atoms with Gasteiger partial charge in [-0.15, -0.1) is 0 Å². The highest BCUT2D eigenvalue weighted by molar-refractivity contribution is 5.99. The molecule has 1 aromatic heterocycles. The van der Waals surface area contributed by atoms with Crippen LogP contribution in [0.4, 0.5) is 11.6 Å². The Morgan fingerprint density at radius 2 is 1.78 bits per heavy atom. The average molecular weight is 435 g/mol. The van der Waals surface area contributed by atoms with Crippen molar-refractivity contribution in [3.63, 3.8) is 0 Å². The van der Waals surface area contributed by atoms with E-state index in [1.165, 1.54) is 11.6 Å². The summed E-state index contributed by atoms with van der Waals surface area (Å²) in [6.07, 6.45) is -0.496. The van der Waals surface area contributed by atoms with Crippen molar-refractivity contribution in [2.24, 2.45) is 0 Å². The molecule has 0 saturated carbocycles. The highest BCUT2D eigenvalue weighted by Gasteiger charge is 2.29. The Balaban J connectivity index is 1.76. The lowest BCUT2D eigenvalue weighted by Gasteiger charge is -2.23. The van der Waals surface area contributed by atoms with E-state index in [9.17, 15) is 4.79 Å². The number of aromatic nitrogens is 2. The first-order valence-corrected chi connectivity index (χ1v) is 10.5. The molecule has 1 unspecified atom stereocenters. The Labute approximate surface area is 186 Å². The topological polar surface area (TPSA) is 91.4 Å². The summed E-state index contributed by atoms with van der Waals surface area (Å²) in [4.78, 5) is 20.8. The minimum Gasteiger partial charge on any atom is -0.493 e. The quantitative estimate of drug-likeness (QED) is 0.570. The molecule has 0 fully saturated rings. The van der Waals surface area contributed by atoms with E-state index in [2.05, 4.69) is 46.6 Å². The molecule has 0 bridgehead atoms. The number of ether oxygens (including phenoxy) is 2. The van der Waals surface area contributed by atoms with Crippen LogP contribution in [0, 0.1) is 6.92 Å². The van der Waals surface area contributed by atoms with Gasteiger partial charge in [0, 0.05) is 17.3 Å². The third-order valence-corrected chi connectivity index (χ3v) is 5.43. The van der Waals surface area contributed by atoms with E-state index in [-0.39, 0.29) is 5.56 Å². The summed E-state index contributed by atoms with van der Waals surface area (Å²) in [5.74, 6) is 2.74. The third-order valence-electron chi connectivity index (χ3n) is 5.43. The highest BCUT2D eigenvalue weighted by Crippen LogP contribution is 2.30. The van der Waals surface area contributed by atoms with Crippen molar-refractivity contribution < 1.29 is 14.5 Å². The standard InChI is InChI=1S/C24H27N5O3/c1-14(2)16-6-9-18(10-7-16)26-23-27-22(17-8-11-19(31-4)20(13-17)32-5)29-21(30)12-15(3)25-24(29)28-23/h6-14,22H,1-5H3,(H2,25,26,27,28)/p+1. The molecule has 8 heteroatoms. The predicted octanol–water partition coefficient (Wildman–Crippen LogP) is 2.21. The van der Waals surface area contributed by atoms with Gasteiger partial charge < -0.3 is 9.47 Å². The highest BCUT2D eigenvalue weighted by atomic mass is 16.5. The Kier molecular flexibility index (Phi) is 5.85. The van der Waals surface area contributed by atoms with Crippen LogP contribution >= 0.6 is 0 Å². The maximum Gasteiger partial charge on any atom is 0.357 e. The molecule has 1 aliphatic rings. The Morgan fingerprint density at radius 1 is 1.06 bits per heavy atom. The molecule has 0 saturated heterocycles. The van der Waals surface area contributed by atoms with Crippen molar-refractivity contribution in [1.82, 2.24) is 9.55 Å².